The third-order valence-corrected chi connectivity index (χ3v) is 4.59. The predicted molar refractivity (Wildman–Crippen MR) is 79.6 cm³/mol. The molecular formula is C15H17N3OS. The summed E-state index contributed by atoms with van der Waals surface area (Å²) in [7, 11) is 0. The van der Waals surface area contributed by atoms with E-state index in [0.717, 1.165) is 18.7 Å². The lowest BCUT2D eigenvalue weighted by molar-refractivity contribution is 0.189. The van der Waals surface area contributed by atoms with Crippen LogP contribution in [0.3, 0.4) is 0 Å². The zero-order chi connectivity index (χ0) is 13.9. The van der Waals surface area contributed by atoms with Crippen LogP contribution in [0.15, 0.2) is 35.8 Å². The molecule has 1 aliphatic heterocycles. The van der Waals surface area contributed by atoms with E-state index in [9.17, 15) is 4.79 Å². The highest BCUT2D eigenvalue weighted by Gasteiger charge is 2.22. The molecule has 0 unspecified atom stereocenters. The molecule has 0 aromatic carbocycles. The Bertz CT molecular complexity index is 596. The van der Waals surface area contributed by atoms with Crippen molar-refractivity contribution in [1.82, 2.24) is 15.2 Å². The molecule has 0 radical (unpaired) electrons. The van der Waals surface area contributed by atoms with Crippen LogP contribution in [0.4, 0.5) is 4.79 Å². The van der Waals surface area contributed by atoms with Gasteiger partial charge >= 0.3 is 6.03 Å². The van der Waals surface area contributed by atoms with Crippen molar-refractivity contribution in [3.05, 3.63) is 52.0 Å². The molecule has 0 aliphatic carbocycles. The van der Waals surface area contributed by atoms with E-state index in [-0.39, 0.29) is 12.1 Å². The Balaban J connectivity index is 1.63. The second-order valence-electron chi connectivity index (χ2n) is 4.97. The van der Waals surface area contributed by atoms with Gasteiger partial charge in [-0.1, -0.05) is 6.07 Å². The number of thiophene rings is 1. The summed E-state index contributed by atoms with van der Waals surface area (Å²) < 4.78 is 0. The van der Waals surface area contributed by atoms with Crippen LogP contribution in [0.2, 0.25) is 0 Å². The smallest absolute Gasteiger partial charge is 0.318 e. The van der Waals surface area contributed by atoms with Crippen LogP contribution in [0.5, 0.6) is 0 Å². The van der Waals surface area contributed by atoms with Crippen LogP contribution in [-0.4, -0.2) is 22.5 Å². The number of hydrogen-bond donors (Lipinski definition) is 1. The van der Waals surface area contributed by atoms with Gasteiger partial charge in [0, 0.05) is 24.2 Å². The number of hydrogen-bond acceptors (Lipinski definition) is 3. The van der Waals surface area contributed by atoms with E-state index in [4.69, 9.17) is 0 Å². The molecule has 1 N–H and O–H groups in total. The molecule has 0 saturated heterocycles. The van der Waals surface area contributed by atoms with E-state index >= 15 is 0 Å². The van der Waals surface area contributed by atoms with Gasteiger partial charge in [0.25, 0.3) is 0 Å². The number of carbonyl (C=O) groups is 1. The van der Waals surface area contributed by atoms with Crippen LogP contribution < -0.4 is 5.32 Å². The Kier molecular flexibility index (Phi) is 3.69. The third-order valence-electron chi connectivity index (χ3n) is 3.57. The number of aromatic nitrogens is 1. The Morgan fingerprint density at radius 3 is 3.15 bits per heavy atom. The molecular weight excluding hydrogens is 270 g/mol. The first-order chi connectivity index (χ1) is 9.74. The van der Waals surface area contributed by atoms with Crippen molar-refractivity contribution in [2.75, 3.05) is 6.54 Å². The van der Waals surface area contributed by atoms with Crippen LogP contribution in [0.25, 0.3) is 0 Å². The Hall–Kier alpha value is -1.88. The predicted octanol–water partition coefficient (Wildman–Crippen LogP) is 2.97. The standard InChI is InChI=1S/C15H17N3OS/c1-11(13-4-2-3-7-16-13)17-15(19)18-8-5-14-12(10-18)6-9-20-14/h2-4,6-7,9,11H,5,8,10H2,1H3,(H,17,19)/t11-/m1/s1. The van der Waals surface area contributed by atoms with Crippen LogP contribution in [0.1, 0.15) is 29.1 Å². The van der Waals surface area contributed by atoms with Gasteiger partial charge in [-0.3, -0.25) is 4.98 Å². The number of amides is 2. The van der Waals surface area contributed by atoms with E-state index in [0.29, 0.717) is 6.54 Å². The van der Waals surface area contributed by atoms with Crippen molar-refractivity contribution in [3.63, 3.8) is 0 Å². The summed E-state index contributed by atoms with van der Waals surface area (Å²) in [5.74, 6) is 0. The van der Waals surface area contributed by atoms with Gasteiger partial charge in [-0.2, -0.15) is 0 Å². The van der Waals surface area contributed by atoms with Gasteiger partial charge in [0.2, 0.25) is 0 Å². The fourth-order valence-electron chi connectivity index (χ4n) is 2.40. The Labute approximate surface area is 122 Å². The number of carbonyl (C=O) groups excluding carboxylic acids is 1. The first kappa shape index (κ1) is 13.1. The molecule has 104 valence electrons. The summed E-state index contributed by atoms with van der Waals surface area (Å²) in [5.41, 5.74) is 2.16. The third kappa shape index (κ3) is 2.67. The Morgan fingerprint density at radius 2 is 2.35 bits per heavy atom. The van der Waals surface area contributed by atoms with Crippen LogP contribution in [-0.2, 0) is 13.0 Å². The van der Waals surface area contributed by atoms with Crippen molar-refractivity contribution in [1.29, 1.82) is 0 Å². The molecule has 0 fully saturated rings. The number of urea groups is 1. The summed E-state index contributed by atoms with van der Waals surface area (Å²) >= 11 is 1.78. The summed E-state index contributed by atoms with van der Waals surface area (Å²) in [6.45, 7) is 3.45. The summed E-state index contributed by atoms with van der Waals surface area (Å²) in [6.07, 6.45) is 2.70. The molecule has 1 atom stereocenters. The molecule has 4 nitrogen and oxygen atoms in total. The fourth-order valence-corrected chi connectivity index (χ4v) is 3.29. The minimum absolute atomic E-state index is 0.0139. The van der Waals surface area contributed by atoms with Crippen LogP contribution in [0, 0.1) is 0 Å². The normalized spacial score (nSPS) is 15.6. The number of pyridine rings is 1. The minimum Gasteiger partial charge on any atom is -0.330 e. The monoisotopic (exact) mass is 287 g/mol. The van der Waals surface area contributed by atoms with Gasteiger partial charge in [0.05, 0.1) is 11.7 Å². The maximum atomic E-state index is 12.3. The molecule has 0 spiro atoms. The van der Waals surface area contributed by atoms with E-state index < -0.39 is 0 Å². The van der Waals surface area contributed by atoms with Crippen molar-refractivity contribution in [3.8, 4) is 0 Å². The zero-order valence-corrected chi connectivity index (χ0v) is 12.2. The van der Waals surface area contributed by atoms with Gasteiger partial charge in [-0.05, 0) is 42.5 Å². The molecule has 5 heteroatoms. The number of fused-ring (bicyclic) bond motifs is 1. The first-order valence-corrected chi connectivity index (χ1v) is 7.63. The zero-order valence-electron chi connectivity index (χ0n) is 11.4. The highest BCUT2D eigenvalue weighted by molar-refractivity contribution is 7.10. The maximum Gasteiger partial charge on any atom is 0.318 e. The number of rotatable bonds is 2. The first-order valence-electron chi connectivity index (χ1n) is 6.75. The summed E-state index contributed by atoms with van der Waals surface area (Å²) in [4.78, 5) is 19.9. The lowest BCUT2D eigenvalue weighted by atomic mass is 10.1. The Morgan fingerprint density at radius 1 is 1.45 bits per heavy atom. The minimum atomic E-state index is -0.0763. The van der Waals surface area contributed by atoms with E-state index in [1.165, 1.54) is 10.4 Å². The summed E-state index contributed by atoms with van der Waals surface area (Å²) in [6, 6.07) is 7.76. The molecule has 2 aromatic heterocycles. The largest absolute Gasteiger partial charge is 0.330 e. The van der Waals surface area contributed by atoms with Gasteiger partial charge in [-0.25, -0.2) is 4.79 Å². The topological polar surface area (TPSA) is 45.2 Å². The second-order valence-corrected chi connectivity index (χ2v) is 5.97. The van der Waals surface area contributed by atoms with Gasteiger partial charge < -0.3 is 10.2 Å². The van der Waals surface area contributed by atoms with Crippen molar-refractivity contribution >= 4 is 17.4 Å². The van der Waals surface area contributed by atoms with E-state index in [2.05, 4.69) is 21.7 Å². The lowest BCUT2D eigenvalue weighted by Crippen LogP contribution is -2.43. The van der Waals surface area contributed by atoms with Crippen LogP contribution >= 0.6 is 11.3 Å². The molecule has 1 aliphatic rings. The van der Waals surface area contributed by atoms with Crippen molar-refractivity contribution in [2.24, 2.45) is 0 Å². The molecule has 3 heterocycles. The van der Waals surface area contributed by atoms with Crippen molar-refractivity contribution < 1.29 is 4.79 Å². The highest BCUT2D eigenvalue weighted by atomic mass is 32.1. The van der Waals surface area contributed by atoms with E-state index in [1.54, 1.807) is 17.5 Å². The summed E-state index contributed by atoms with van der Waals surface area (Å²) in [5, 5.41) is 5.12. The average molecular weight is 287 g/mol. The van der Waals surface area contributed by atoms with Gasteiger partial charge in [0.15, 0.2) is 0 Å². The molecule has 2 amide bonds. The van der Waals surface area contributed by atoms with Gasteiger partial charge in [0.1, 0.15) is 0 Å². The van der Waals surface area contributed by atoms with E-state index in [1.807, 2.05) is 30.0 Å². The highest BCUT2D eigenvalue weighted by Crippen LogP contribution is 2.24. The second kappa shape index (κ2) is 5.63. The molecule has 0 saturated carbocycles. The number of nitrogens with one attached hydrogen (secondary N) is 1. The maximum absolute atomic E-state index is 12.3. The SMILES string of the molecule is C[C@@H](NC(=O)N1CCc2sccc2C1)c1ccccn1. The lowest BCUT2D eigenvalue weighted by Gasteiger charge is -2.28. The number of nitrogens with zero attached hydrogens (tertiary/aromatic N) is 2. The molecule has 20 heavy (non-hydrogen) atoms. The average Bonchev–Trinajstić information content (AvgIpc) is 2.95. The molecule has 3 rings (SSSR count). The van der Waals surface area contributed by atoms with Gasteiger partial charge in [-0.15, -0.1) is 11.3 Å². The molecule has 2 aromatic rings. The fraction of sp³-hybridized carbons (Fsp3) is 0.333. The van der Waals surface area contributed by atoms with Crippen molar-refractivity contribution in [2.45, 2.75) is 25.9 Å². The molecule has 0 bridgehead atoms. The quantitative estimate of drug-likeness (QED) is 0.923.